The molecule has 2 atom stereocenters. The van der Waals surface area contributed by atoms with Gasteiger partial charge in [-0.15, -0.1) is 34.9 Å². The lowest BCUT2D eigenvalue weighted by Crippen LogP contribution is -2.71. The summed E-state index contributed by atoms with van der Waals surface area (Å²) < 4.78 is 6.73. The van der Waals surface area contributed by atoms with Crippen molar-refractivity contribution in [1.82, 2.24) is 34.8 Å². The topological polar surface area (TPSA) is 200 Å². The van der Waals surface area contributed by atoms with Crippen LogP contribution in [0.2, 0.25) is 0 Å². The third kappa shape index (κ3) is 4.61. The number of amides is 2. The Morgan fingerprint density at radius 3 is 2.87 bits per heavy atom. The highest BCUT2D eigenvalue weighted by Gasteiger charge is 2.54. The summed E-state index contributed by atoms with van der Waals surface area (Å²) in [6.07, 6.45) is 1.36. The number of hydrogen-bond donors (Lipinski definition) is 3. The highest BCUT2D eigenvalue weighted by atomic mass is 32.2. The van der Waals surface area contributed by atoms with Gasteiger partial charge in [-0.3, -0.25) is 14.5 Å². The quantitative estimate of drug-likeness (QED) is 0.101. The van der Waals surface area contributed by atoms with Gasteiger partial charge in [-0.05, 0) is 5.57 Å². The second kappa shape index (κ2) is 10.5. The first-order valence-electron chi connectivity index (χ1n) is 10.7. The molecule has 0 unspecified atom stereocenters. The molecule has 1 fully saturated rings. The van der Waals surface area contributed by atoms with Gasteiger partial charge in [0.25, 0.3) is 17.6 Å². The summed E-state index contributed by atoms with van der Waals surface area (Å²) in [6.45, 7) is 0. The Balaban J connectivity index is 1.33. The average Bonchev–Trinajstić information content (AvgIpc) is 3.56. The van der Waals surface area contributed by atoms with E-state index in [0.717, 1.165) is 11.3 Å². The number of nitrogens with two attached hydrogens (primary N) is 1. The summed E-state index contributed by atoms with van der Waals surface area (Å²) in [5.74, 6) is -1.20. The molecule has 1 saturated heterocycles. The van der Waals surface area contributed by atoms with E-state index in [-0.39, 0.29) is 28.0 Å². The molecule has 198 valence electrons. The first-order chi connectivity index (χ1) is 18.3. The van der Waals surface area contributed by atoms with Gasteiger partial charge in [0.15, 0.2) is 10.8 Å². The van der Waals surface area contributed by atoms with Crippen LogP contribution in [0.15, 0.2) is 39.2 Å². The molecule has 4 N–H and O–H groups in total. The monoisotopic (exact) mass is 577 g/mol. The molecule has 15 nitrogen and oxygen atoms in total. The molecule has 0 bridgehead atoms. The minimum Gasteiger partial charge on any atom is -0.481 e. The van der Waals surface area contributed by atoms with E-state index in [1.54, 1.807) is 6.07 Å². The van der Waals surface area contributed by atoms with Crippen molar-refractivity contribution in [3.63, 3.8) is 0 Å². The van der Waals surface area contributed by atoms with Crippen LogP contribution in [-0.2, 0) is 19.2 Å². The van der Waals surface area contributed by atoms with Crippen LogP contribution in [0, 0.1) is 0 Å². The zero-order chi connectivity index (χ0) is 27.0. The Labute approximate surface area is 226 Å². The Morgan fingerprint density at radius 1 is 1.37 bits per heavy atom. The van der Waals surface area contributed by atoms with Crippen molar-refractivity contribution >= 4 is 69.3 Å². The molecule has 18 heteroatoms. The van der Waals surface area contributed by atoms with E-state index in [1.165, 1.54) is 58.9 Å². The summed E-state index contributed by atoms with van der Waals surface area (Å²) in [7, 11) is 2.75. The fourth-order valence-electron chi connectivity index (χ4n) is 3.83. The van der Waals surface area contributed by atoms with Crippen LogP contribution in [0.4, 0.5) is 5.13 Å². The highest BCUT2D eigenvalue weighted by Crippen LogP contribution is 2.41. The van der Waals surface area contributed by atoms with Crippen LogP contribution in [0.25, 0.3) is 5.78 Å². The van der Waals surface area contributed by atoms with Gasteiger partial charge < -0.3 is 25.7 Å². The van der Waals surface area contributed by atoms with Crippen molar-refractivity contribution in [2.24, 2.45) is 5.16 Å². The average molecular weight is 578 g/mol. The first kappa shape index (κ1) is 25.7. The maximum Gasteiger partial charge on any atom is 0.352 e. The van der Waals surface area contributed by atoms with E-state index in [1.807, 2.05) is 0 Å². The van der Waals surface area contributed by atoms with Crippen LogP contribution < -0.4 is 15.8 Å². The molecule has 3 aromatic heterocycles. The van der Waals surface area contributed by atoms with Crippen molar-refractivity contribution in [1.29, 1.82) is 0 Å². The number of aromatic nitrogens is 5. The Kier molecular flexibility index (Phi) is 7.09. The number of hydrogen-bond acceptors (Lipinski definition) is 14. The number of rotatable bonds is 9. The molecular formula is C20H19N9O6S3. The summed E-state index contributed by atoms with van der Waals surface area (Å²) >= 11 is 3.78. The number of carbonyl (C=O) groups is 3. The fourth-order valence-corrected chi connectivity index (χ4v) is 6.85. The lowest BCUT2D eigenvalue weighted by molar-refractivity contribution is -0.150. The van der Waals surface area contributed by atoms with E-state index in [9.17, 15) is 19.5 Å². The van der Waals surface area contributed by atoms with Crippen molar-refractivity contribution in [2.75, 3.05) is 31.5 Å². The fraction of sp³-hybridized carbons (Fsp3) is 0.300. The zero-order valence-corrected chi connectivity index (χ0v) is 22.2. The number of carbonyl (C=O) groups excluding carboxylic acids is 2. The van der Waals surface area contributed by atoms with Gasteiger partial charge in [0.1, 0.15) is 41.3 Å². The Bertz CT molecular complexity index is 1500. The number of aliphatic carboxylic acids is 1. The number of thioether (sulfide) groups is 2. The number of β-lactam (4-membered cyclic amide) rings is 1. The summed E-state index contributed by atoms with van der Waals surface area (Å²) in [6, 6.07) is 0.718. The number of methoxy groups -OCH3 is 1. The lowest BCUT2D eigenvalue weighted by Gasteiger charge is -2.49. The second-order valence-corrected chi connectivity index (χ2v) is 10.7. The molecule has 0 saturated carbocycles. The van der Waals surface area contributed by atoms with E-state index in [2.05, 4.69) is 30.5 Å². The lowest BCUT2D eigenvalue weighted by atomic mass is 10.0. The third-order valence-electron chi connectivity index (χ3n) is 5.50. The number of oxime groups is 1. The van der Waals surface area contributed by atoms with Crippen molar-refractivity contribution in [3.8, 4) is 5.88 Å². The number of carboxylic acids is 1. The molecule has 2 amide bonds. The molecule has 0 aliphatic carbocycles. The molecule has 0 aromatic carbocycles. The van der Waals surface area contributed by atoms with Gasteiger partial charge in [0, 0.05) is 23.0 Å². The summed E-state index contributed by atoms with van der Waals surface area (Å²) in [5.41, 5.74) is 6.15. The van der Waals surface area contributed by atoms with Crippen molar-refractivity contribution in [3.05, 3.63) is 34.7 Å². The number of ether oxygens (including phenoxy) is 1. The minimum absolute atomic E-state index is 0.106. The number of nitrogen functional groups attached to an aromatic ring is 1. The predicted octanol–water partition coefficient (Wildman–Crippen LogP) is 0.0530. The second-order valence-electron chi connectivity index (χ2n) is 7.71. The van der Waals surface area contributed by atoms with Crippen LogP contribution in [0.1, 0.15) is 5.69 Å². The number of nitrogens with zero attached hydrogens (tertiary/aromatic N) is 7. The number of fused-ring (bicyclic) bond motifs is 2. The first-order valence-corrected chi connectivity index (χ1v) is 13.6. The maximum atomic E-state index is 13.1. The zero-order valence-electron chi connectivity index (χ0n) is 19.7. The van der Waals surface area contributed by atoms with Gasteiger partial charge in [-0.25, -0.2) is 9.78 Å². The van der Waals surface area contributed by atoms with Crippen LogP contribution in [0.5, 0.6) is 5.88 Å². The van der Waals surface area contributed by atoms with Crippen molar-refractivity contribution < 1.29 is 29.1 Å². The third-order valence-corrected chi connectivity index (χ3v) is 8.59. The van der Waals surface area contributed by atoms with Crippen LogP contribution in [0.3, 0.4) is 0 Å². The van der Waals surface area contributed by atoms with Gasteiger partial charge in [-0.2, -0.15) is 19.6 Å². The molecule has 2 aliphatic rings. The minimum atomic E-state index is -1.23. The number of nitrogens with one attached hydrogen (secondary N) is 1. The smallest absolute Gasteiger partial charge is 0.352 e. The molecule has 5 rings (SSSR count). The highest BCUT2D eigenvalue weighted by molar-refractivity contribution is 8.01. The Morgan fingerprint density at radius 2 is 2.18 bits per heavy atom. The van der Waals surface area contributed by atoms with Gasteiger partial charge >= 0.3 is 5.97 Å². The van der Waals surface area contributed by atoms with E-state index in [4.69, 9.17) is 15.3 Å². The van der Waals surface area contributed by atoms with Gasteiger partial charge in [0.05, 0.1) is 7.11 Å². The number of thiazole rings is 1. The normalized spacial score (nSPS) is 19.3. The van der Waals surface area contributed by atoms with Crippen LogP contribution >= 0.6 is 34.9 Å². The predicted molar refractivity (Wildman–Crippen MR) is 138 cm³/mol. The van der Waals surface area contributed by atoms with Gasteiger partial charge in [-0.1, -0.05) is 5.16 Å². The Hall–Kier alpha value is -3.90. The SMILES string of the molecule is CO/N=C(/C(=O)N[C@@H]1C(=O)N2C(C(=O)O)=C(CSc3cc(OC)nc4ncnn34)CS[C@H]12)c1csc(N)n1. The van der Waals surface area contributed by atoms with E-state index >= 15 is 0 Å². The molecule has 2 aliphatic heterocycles. The maximum absolute atomic E-state index is 13.1. The van der Waals surface area contributed by atoms with E-state index < -0.39 is 29.2 Å². The molecular weight excluding hydrogens is 558 g/mol. The van der Waals surface area contributed by atoms with Gasteiger partial charge in [0.2, 0.25) is 5.88 Å². The summed E-state index contributed by atoms with van der Waals surface area (Å²) in [4.78, 5) is 56.4. The van der Waals surface area contributed by atoms with Crippen LogP contribution in [-0.4, -0.2) is 95.2 Å². The molecule has 38 heavy (non-hydrogen) atoms. The molecule has 0 spiro atoms. The number of anilines is 1. The number of carboxylic acid groups (broad SMARTS) is 1. The molecule has 5 heterocycles. The standard InChI is InChI=1S/C20H19N9O6S3/c1-34-10-3-11(29-20(25-10)22-7-23-29)36-4-8-5-37-17-13(16(31)28(17)14(8)18(32)33)26-15(30)12(27-35-2)9-6-38-19(21)24-9/h3,6-7,13,17H,4-5H2,1-2H3,(H2,21,24)(H,26,30)(H,32,33)/b27-12+/t13-,17-/m1/s1. The molecule has 0 radical (unpaired) electrons. The summed E-state index contributed by atoms with van der Waals surface area (Å²) in [5, 5.41) is 22.3. The molecule has 3 aromatic rings. The largest absolute Gasteiger partial charge is 0.481 e. The van der Waals surface area contributed by atoms with E-state index in [0.29, 0.717) is 28.0 Å². The van der Waals surface area contributed by atoms with Crippen molar-refractivity contribution in [2.45, 2.75) is 16.4 Å².